The number of rotatable bonds is 7. The summed E-state index contributed by atoms with van der Waals surface area (Å²) in [5.41, 5.74) is 1.56. The van der Waals surface area contributed by atoms with Crippen LogP contribution in [0.4, 0.5) is 13.2 Å². The molecule has 0 atom stereocenters. The van der Waals surface area contributed by atoms with E-state index in [4.69, 9.17) is 11.6 Å². The maximum absolute atomic E-state index is 12.1. The first kappa shape index (κ1) is 18.6. The molecule has 0 bridgehead atoms. The summed E-state index contributed by atoms with van der Waals surface area (Å²) in [6.07, 6.45) is -3.78. The highest BCUT2D eigenvalue weighted by Crippen LogP contribution is 2.29. The predicted octanol–water partition coefficient (Wildman–Crippen LogP) is 2.98. The molecule has 1 aliphatic rings. The van der Waals surface area contributed by atoms with Gasteiger partial charge in [0.25, 0.3) is 0 Å². The Morgan fingerprint density at radius 3 is 2.54 bits per heavy atom. The summed E-state index contributed by atoms with van der Waals surface area (Å²) in [5.74, 6) is -0.930. The number of carbonyl (C=O) groups excluding carboxylic acids is 2. The minimum Gasteiger partial charge on any atom is -0.355 e. The highest BCUT2D eigenvalue weighted by atomic mass is 35.5. The summed E-state index contributed by atoms with van der Waals surface area (Å²) in [7, 11) is 0. The van der Waals surface area contributed by atoms with E-state index in [1.54, 1.807) is 18.2 Å². The molecule has 1 aliphatic carbocycles. The summed E-state index contributed by atoms with van der Waals surface area (Å²) in [4.78, 5) is 22.8. The highest BCUT2D eigenvalue weighted by Gasteiger charge is 2.31. The maximum Gasteiger partial charge on any atom is 0.397 e. The van der Waals surface area contributed by atoms with E-state index in [2.05, 4.69) is 10.6 Å². The van der Waals surface area contributed by atoms with Gasteiger partial charge in [-0.15, -0.1) is 0 Å². The molecule has 0 heterocycles. The van der Waals surface area contributed by atoms with Crippen molar-refractivity contribution in [1.82, 2.24) is 10.6 Å². The van der Waals surface area contributed by atoms with E-state index in [9.17, 15) is 22.8 Å². The van der Waals surface area contributed by atoms with Gasteiger partial charge in [-0.05, 0) is 36.5 Å². The van der Waals surface area contributed by atoms with Crippen molar-refractivity contribution < 1.29 is 22.8 Å². The van der Waals surface area contributed by atoms with Crippen LogP contribution in [0.3, 0.4) is 0 Å². The topological polar surface area (TPSA) is 58.2 Å². The van der Waals surface area contributed by atoms with E-state index in [0.29, 0.717) is 18.0 Å². The van der Waals surface area contributed by atoms with Crippen LogP contribution in [-0.2, 0) is 22.6 Å². The molecule has 4 nitrogen and oxygen atoms in total. The first-order valence-electron chi connectivity index (χ1n) is 7.63. The molecule has 1 aromatic carbocycles. The van der Waals surface area contributed by atoms with Crippen molar-refractivity contribution in [2.24, 2.45) is 5.92 Å². The summed E-state index contributed by atoms with van der Waals surface area (Å²) < 4.78 is 36.2. The molecule has 0 aromatic heterocycles. The number of amides is 2. The molecule has 2 amide bonds. The lowest BCUT2D eigenvalue weighted by molar-refractivity contribution is -0.153. The number of nitrogens with one attached hydrogen (secondary N) is 2. The van der Waals surface area contributed by atoms with E-state index in [1.807, 2.05) is 0 Å². The molecular formula is C16H18ClF3N2O2. The number of alkyl halides is 3. The van der Waals surface area contributed by atoms with Gasteiger partial charge in [0.2, 0.25) is 11.8 Å². The molecule has 24 heavy (non-hydrogen) atoms. The monoisotopic (exact) mass is 362 g/mol. The SMILES string of the molecule is O=C(CC(F)(F)F)NCCc1ccc(Cl)c(CNC(=O)C2CC2)c1. The third kappa shape index (κ3) is 6.39. The molecular weight excluding hydrogens is 345 g/mol. The predicted molar refractivity (Wildman–Crippen MR) is 83.4 cm³/mol. The Balaban J connectivity index is 1.81. The Labute approximate surface area is 142 Å². The Morgan fingerprint density at radius 1 is 1.21 bits per heavy atom. The van der Waals surface area contributed by atoms with E-state index >= 15 is 0 Å². The summed E-state index contributed by atoms with van der Waals surface area (Å²) >= 11 is 6.09. The number of hydrogen-bond donors (Lipinski definition) is 2. The fourth-order valence-corrected chi connectivity index (χ4v) is 2.37. The van der Waals surface area contributed by atoms with Crippen molar-refractivity contribution in [1.29, 1.82) is 0 Å². The zero-order valence-corrected chi connectivity index (χ0v) is 13.6. The van der Waals surface area contributed by atoms with Gasteiger partial charge < -0.3 is 10.6 Å². The van der Waals surface area contributed by atoms with Crippen molar-refractivity contribution >= 4 is 23.4 Å². The summed E-state index contributed by atoms with van der Waals surface area (Å²) in [6, 6.07) is 5.20. The van der Waals surface area contributed by atoms with Crippen LogP contribution in [0.5, 0.6) is 0 Å². The highest BCUT2D eigenvalue weighted by molar-refractivity contribution is 6.31. The standard InChI is InChI=1S/C16H18ClF3N2O2/c17-13-4-1-10(5-6-21-14(23)8-16(18,19)20)7-12(13)9-22-15(24)11-2-3-11/h1,4,7,11H,2-3,5-6,8-9H2,(H,21,23)(H,22,24). The van der Waals surface area contributed by atoms with Gasteiger partial charge in [0.15, 0.2) is 0 Å². The van der Waals surface area contributed by atoms with Gasteiger partial charge >= 0.3 is 6.18 Å². The minimum absolute atomic E-state index is 0.0101. The van der Waals surface area contributed by atoms with Gasteiger partial charge in [0, 0.05) is 24.0 Å². The van der Waals surface area contributed by atoms with Crippen LogP contribution in [-0.4, -0.2) is 24.5 Å². The lowest BCUT2D eigenvalue weighted by Crippen LogP contribution is -2.30. The van der Waals surface area contributed by atoms with Crippen LogP contribution in [0.2, 0.25) is 5.02 Å². The zero-order chi connectivity index (χ0) is 17.7. The van der Waals surface area contributed by atoms with Crippen LogP contribution in [0, 0.1) is 5.92 Å². The second-order valence-corrected chi connectivity index (χ2v) is 6.22. The molecule has 0 radical (unpaired) electrons. The maximum atomic E-state index is 12.1. The molecule has 1 aromatic rings. The van der Waals surface area contributed by atoms with Gasteiger partial charge in [-0.3, -0.25) is 9.59 Å². The van der Waals surface area contributed by atoms with Gasteiger partial charge in [0.05, 0.1) is 0 Å². The lowest BCUT2D eigenvalue weighted by atomic mass is 10.1. The van der Waals surface area contributed by atoms with Crippen LogP contribution >= 0.6 is 11.6 Å². The quantitative estimate of drug-likeness (QED) is 0.783. The average Bonchev–Trinajstić information content (AvgIpc) is 3.30. The number of benzene rings is 1. The van der Waals surface area contributed by atoms with E-state index in [1.165, 1.54) is 0 Å². The van der Waals surface area contributed by atoms with Crippen molar-refractivity contribution in [3.05, 3.63) is 34.3 Å². The molecule has 0 spiro atoms. The first-order chi connectivity index (χ1) is 11.2. The fraction of sp³-hybridized carbons (Fsp3) is 0.500. The Kier molecular flexibility index (Phi) is 6.10. The third-order valence-electron chi connectivity index (χ3n) is 3.61. The lowest BCUT2D eigenvalue weighted by Gasteiger charge is -2.10. The second-order valence-electron chi connectivity index (χ2n) is 5.81. The van der Waals surface area contributed by atoms with Crippen molar-refractivity contribution in [3.63, 3.8) is 0 Å². The normalized spacial score (nSPS) is 14.3. The molecule has 8 heteroatoms. The molecule has 2 N–H and O–H groups in total. The van der Waals surface area contributed by atoms with Crippen molar-refractivity contribution in [2.75, 3.05) is 6.54 Å². The first-order valence-corrected chi connectivity index (χ1v) is 8.01. The van der Waals surface area contributed by atoms with Crippen LogP contribution in [0.15, 0.2) is 18.2 Å². The molecule has 1 saturated carbocycles. The zero-order valence-electron chi connectivity index (χ0n) is 12.9. The smallest absolute Gasteiger partial charge is 0.355 e. The molecule has 0 unspecified atom stereocenters. The molecule has 132 valence electrons. The molecule has 2 rings (SSSR count). The Hall–Kier alpha value is -1.76. The molecule has 0 saturated heterocycles. The van der Waals surface area contributed by atoms with Gasteiger partial charge in [0.1, 0.15) is 6.42 Å². The minimum atomic E-state index is -4.50. The van der Waals surface area contributed by atoms with Crippen LogP contribution in [0.25, 0.3) is 0 Å². The second kappa shape index (κ2) is 7.88. The fourth-order valence-electron chi connectivity index (χ4n) is 2.18. The average molecular weight is 363 g/mol. The van der Waals surface area contributed by atoms with Crippen LogP contribution in [0.1, 0.15) is 30.4 Å². The number of carbonyl (C=O) groups is 2. The van der Waals surface area contributed by atoms with Gasteiger partial charge in [-0.25, -0.2) is 0 Å². The Morgan fingerprint density at radius 2 is 1.92 bits per heavy atom. The van der Waals surface area contributed by atoms with Crippen molar-refractivity contribution in [3.8, 4) is 0 Å². The van der Waals surface area contributed by atoms with E-state index < -0.39 is 18.5 Å². The Bertz CT molecular complexity index is 616. The number of hydrogen-bond acceptors (Lipinski definition) is 2. The molecule has 0 aliphatic heterocycles. The van der Waals surface area contributed by atoms with Gasteiger partial charge in [-0.2, -0.15) is 13.2 Å². The third-order valence-corrected chi connectivity index (χ3v) is 3.98. The largest absolute Gasteiger partial charge is 0.397 e. The molecule has 1 fully saturated rings. The van der Waals surface area contributed by atoms with Crippen molar-refractivity contribution in [2.45, 2.75) is 38.4 Å². The van der Waals surface area contributed by atoms with Gasteiger partial charge in [-0.1, -0.05) is 23.7 Å². The van der Waals surface area contributed by atoms with Crippen LogP contribution < -0.4 is 10.6 Å². The number of halogens is 4. The van der Waals surface area contributed by atoms with E-state index in [-0.39, 0.29) is 18.4 Å². The summed E-state index contributed by atoms with van der Waals surface area (Å²) in [5, 5.41) is 5.55. The van der Waals surface area contributed by atoms with E-state index in [0.717, 1.165) is 24.0 Å². The summed E-state index contributed by atoms with van der Waals surface area (Å²) in [6.45, 7) is 0.410.